The molecule has 0 aromatic heterocycles. The Labute approximate surface area is 74.3 Å². The molecule has 0 aliphatic carbocycles. The van der Waals surface area contributed by atoms with Crippen molar-refractivity contribution in [1.82, 2.24) is 0 Å². The number of allylic oxidation sites excluding steroid dienone is 1. The summed E-state index contributed by atoms with van der Waals surface area (Å²) in [6, 6.07) is 0. The van der Waals surface area contributed by atoms with Crippen molar-refractivity contribution < 1.29 is 4.21 Å². The molecule has 1 unspecified atom stereocenters. The summed E-state index contributed by atoms with van der Waals surface area (Å²) in [5, 5.41) is 0.696. The third kappa shape index (κ3) is 1.27. The van der Waals surface area contributed by atoms with E-state index in [1.54, 1.807) is 0 Å². The second-order valence-corrected chi connectivity index (χ2v) is 5.59. The number of halogens is 1. The van der Waals surface area contributed by atoms with Gasteiger partial charge in [0.15, 0.2) is 0 Å². The zero-order chi connectivity index (χ0) is 7.84. The van der Waals surface area contributed by atoms with Crippen LogP contribution in [0.2, 0.25) is 0 Å². The standard InChI is InChI=1S/C8H11ClOS/c9-7-5-4-6-2-1-3-8(7)11(6)10/h1-2,6-8H,3-5H2/t6-,7-,8+,11?/m0/s1. The largest absolute Gasteiger partial charge is 0.259 e. The van der Waals surface area contributed by atoms with Crippen LogP contribution in [-0.4, -0.2) is 20.1 Å². The molecule has 0 spiro atoms. The summed E-state index contributed by atoms with van der Waals surface area (Å²) >= 11 is 6.05. The van der Waals surface area contributed by atoms with Gasteiger partial charge in [0.05, 0.1) is 10.5 Å². The smallest absolute Gasteiger partial charge is 0.0552 e. The van der Waals surface area contributed by atoms with E-state index in [4.69, 9.17) is 11.6 Å². The van der Waals surface area contributed by atoms with Crippen LogP contribution in [0.5, 0.6) is 0 Å². The quantitative estimate of drug-likeness (QED) is 0.421. The fourth-order valence-corrected chi connectivity index (χ4v) is 4.12. The lowest BCUT2D eigenvalue weighted by molar-refractivity contribution is 0.581. The third-order valence-electron chi connectivity index (χ3n) is 2.45. The molecule has 4 atom stereocenters. The van der Waals surface area contributed by atoms with Crippen molar-refractivity contribution in [1.29, 1.82) is 0 Å². The lowest BCUT2D eigenvalue weighted by Crippen LogP contribution is -2.39. The van der Waals surface area contributed by atoms with Crippen LogP contribution in [0.1, 0.15) is 19.3 Å². The molecule has 3 heteroatoms. The van der Waals surface area contributed by atoms with Crippen molar-refractivity contribution in [2.24, 2.45) is 0 Å². The molecule has 1 nitrogen and oxygen atoms in total. The molecule has 2 bridgehead atoms. The molecule has 0 amide bonds. The Morgan fingerprint density at radius 2 is 2.27 bits per heavy atom. The number of alkyl halides is 1. The first-order valence-corrected chi connectivity index (χ1v) is 5.70. The van der Waals surface area contributed by atoms with Crippen LogP contribution < -0.4 is 0 Å². The van der Waals surface area contributed by atoms with E-state index in [9.17, 15) is 4.21 Å². The van der Waals surface area contributed by atoms with Crippen molar-refractivity contribution >= 4 is 22.4 Å². The van der Waals surface area contributed by atoms with Gasteiger partial charge in [0.2, 0.25) is 0 Å². The molecule has 0 saturated carbocycles. The van der Waals surface area contributed by atoms with Gasteiger partial charge in [-0.1, -0.05) is 12.2 Å². The number of fused-ring (bicyclic) bond motifs is 2. The normalized spacial score (nSPS) is 49.2. The molecule has 2 heterocycles. The molecular weight excluding hydrogens is 180 g/mol. The van der Waals surface area contributed by atoms with Gasteiger partial charge in [-0.25, -0.2) is 0 Å². The lowest BCUT2D eigenvalue weighted by Gasteiger charge is -2.33. The van der Waals surface area contributed by atoms with Gasteiger partial charge < -0.3 is 0 Å². The second-order valence-electron chi connectivity index (χ2n) is 3.16. The predicted molar refractivity (Wildman–Crippen MR) is 48.4 cm³/mol. The summed E-state index contributed by atoms with van der Waals surface area (Å²) in [4.78, 5) is 0. The van der Waals surface area contributed by atoms with Crippen LogP contribution in [-0.2, 0) is 10.8 Å². The van der Waals surface area contributed by atoms with Gasteiger partial charge in [0, 0.05) is 16.2 Å². The highest BCUT2D eigenvalue weighted by molar-refractivity contribution is 7.86. The molecule has 0 radical (unpaired) electrons. The lowest BCUT2D eigenvalue weighted by atomic mass is 10.0. The van der Waals surface area contributed by atoms with E-state index in [-0.39, 0.29) is 10.6 Å². The van der Waals surface area contributed by atoms with Crippen molar-refractivity contribution in [3.63, 3.8) is 0 Å². The van der Waals surface area contributed by atoms with E-state index in [0.29, 0.717) is 5.25 Å². The maximum atomic E-state index is 11.6. The Balaban J connectivity index is 2.26. The zero-order valence-corrected chi connectivity index (χ0v) is 7.77. The number of hydrogen-bond donors (Lipinski definition) is 0. The topological polar surface area (TPSA) is 17.1 Å². The van der Waals surface area contributed by atoms with Gasteiger partial charge in [0.25, 0.3) is 0 Å². The first kappa shape index (κ1) is 7.81. The Bertz CT molecular complexity index is 214. The summed E-state index contributed by atoms with van der Waals surface area (Å²) < 4.78 is 11.6. The van der Waals surface area contributed by atoms with Gasteiger partial charge in [-0.05, 0) is 19.3 Å². The van der Waals surface area contributed by atoms with Crippen LogP contribution in [0.25, 0.3) is 0 Å². The summed E-state index contributed by atoms with van der Waals surface area (Å²) in [6.45, 7) is 0. The molecule has 11 heavy (non-hydrogen) atoms. The maximum Gasteiger partial charge on any atom is 0.0552 e. The summed E-state index contributed by atoms with van der Waals surface area (Å²) in [7, 11) is -0.685. The van der Waals surface area contributed by atoms with E-state index < -0.39 is 10.8 Å². The van der Waals surface area contributed by atoms with Crippen LogP contribution in [0, 0.1) is 0 Å². The van der Waals surface area contributed by atoms with Gasteiger partial charge in [-0.3, -0.25) is 4.21 Å². The van der Waals surface area contributed by atoms with E-state index in [1.165, 1.54) is 0 Å². The van der Waals surface area contributed by atoms with Gasteiger partial charge in [0.1, 0.15) is 0 Å². The molecule has 0 aromatic carbocycles. The molecule has 62 valence electrons. The molecule has 1 fully saturated rings. The maximum absolute atomic E-state index is 11.6. The number of hydrogen-bond acceptors (Lipinski definition) is 1. The Kier molecular flexibility index (Phi) is 2.06. The minimum absolute atomic E-state index is 0.150. The van der Waals surface area contributed by atoms with Gasteiger partial charge in [-0.15, -0.1) is 11.6 Å². The highest BCUT2D eigenvalue weighted by Crippen LogP contribution is 2.32. The first-order chi connectivity index (χ1) is 5.29. The molecule has 2 aliphatic heterocycles. The Morgan fingerprint density at radius 3 is 3.00 bits per heavy atom. The van der Waals surface area contributed by atoms with Crippen molar-refractivity contribution in [3.05, 3.63) is 12.2 Å². The summed E-state index contributed by atoms with van der Waals surface area (Å²) in [6.07, 6.45) is 7.18. The fourth-order valence-electron chi connectivity index (χ4n) is 1.78. The highest BCUT2D eigenvalue weighted by Gasteiger charge is 2.36. The highest BCUT2D eigenvalue weighted by atomic mass is 35.5. The van der Waals surface area contributed by atoms with Crippen molar-refractivity contribution in [3.8, 4) is 0 Å². The molecule has 0 N–H and O–H groups in total. The van der Waals surface area contributed by atoms with E-state index in [2.05, 4.69) is 12.2 Å². The fraction of sp³-hybridized carbons (Fsp3) is 0.750. The van der Waals surface area contributed by atoms with Crippen molar-refractivity contribution in [2.75, 3.05) is 0 Å². The van der Waals surface area contributed by atoms with Crippen LogP contribution in [0.3, 0.4) is 0 Å². The average Bonchev–Trinajstić information content (AvgIpc) is 1.98. The molecule has 2 rings (SSSR count). The summed E-state index contributed by atoms with van der Waals surface area (Å²) in [5.41, 5.74) is 0. The first-order valence-electron chi connectivity index (χ1n) is 3.99. The minimum atomic E-state index is -0.685. The van der Waals surface area contributed by atoms with E-state index in [1.807, 2.05) is 0 Å². The van der Waals surface area contributed by atoms with Gasteiger partial charge >= 0.3 is 0 Å². The molecule has 2 aliphatic rings. The molecule has 0 aromatic rings. The SMILES string of the molecule is O=S1[C@@H]2CC=C[C@H]1CC[C@@H]2Cl. The van der Waals surface area contributed by atoms with E-state index in [0.717, 1.165) is 19.3 Å². The van der Waals surface area contributed by atoms with Gasteiger partial charge in [-0.2, -0.15) is 0 Å². The predicted octanol–water partition coefficient (Wildman–Crippen LogP) is 1.83. The summed E-state index contributed by atoms with van der Waals surface area (Å²) in [5.74, 6) is 0. The van der Waals surface area contributed by atoms with Crippen LogP contribution >= 0.6 is 11.6 Å². The number of rotatable bonds is 0. The minimum Gasteiger partial charge on any atom is -0.259 e. The third-order valence-corrected chi connectivity index (χ3v) is 5.23. The Hall–Kier alpha value is 0.180. The van der Waals surface area contributed by atoms with Crippen molar-refractivity contribution in [2.45, 2.75) is 35.1 Å². The average molecular weight is 191 g/mol. The van der Waals surface area contributed by atoms with Crippen LogP contribution in [0.4, 0.5) is 0 Å². The van der Waals surface area contributed by atoms with E-state index >= 15 is 0 Å². The molecule has 1 saturated heterocycles. The zero-order valence-electron chi connectivity index (χ0n) is 6.20. The Morgan fingerprint density at radius 1 is 1.45 bits per heavy atom. The monoisotopic (exact) mass is 190 g/mol. The molecular formula is C8H11ClOS. The second kappa shape index (κ2) is 2.91. The van der Waals surface area contributed by atoms with Crippen LogP contribution in [0.15, 0.2) is 12.2 Å².